The molecule has 8 heteroatoms. The molecule has 0 saturated carbocycles. The number of amides is 1. The van der Waals surface area contributed by atoms with Crippen LogP contribution in [-0.4, -0.2) is 72.6 Å². The highest BCUT2D eigenvalue weighted by Gasteiger charge is 2.44. The van der Waals surface area contributed by atoms with Gasteiger partial charge >= 0.3 is 0 Å². The van der Waals surface area contributed by atoms with E-state index >= 15 is 0 Å². The van der Waals surface area contributed by atoms with Crippen LogP contribution in [0.25, 0.3) is 0 Å². The zero-order chi connectivity index (χ0) is 21.8. The third-order valence-electron chi connectivity index (χ3n) is 5.54. The minimum atomic E-state index is -0.663. The van der Waals surface area contributed by atoms with Crippen molar-refractivity contribution in [2.75, 3.05) is 46.0 Å². The van der Waals surface area contributed by atoms with Gasteiger partial charge in [0.2, 0.25) is 5.78 Å². The second kappa shape index (κ2) is 9.64. The number of thiophene rings is 1. The van der Waals surface area contributed by atoms with Crippen molar-refractivity contribution in [2.24, 2.45) is 0 Å². The minimum Gasteiger partial charge on any atom is -0.503 e. The molecular formula is C23H26N2O5S. The quantitative estimate of drug-likeness (QED) is 0.633. The van der Waals surface area contributed by atoms with E-state index in [2.05, 4.69) is 4.90 Å². The number of aliphatic hydroxyl groups is 1. The normalized spacial score (nSPS) is 19.8. The third kappa shape index (κ3) is 4.51. The Bertz CT molecular complexity index is 966. The summed E-state index contributed by atoms with van der Waals surface area (Å²) in [5, 5.41) is 12.6. The van der Waals surface area contributed by atoms with Gasteiger partial charge in [0.1, 0.15) is 5.75 Å². The Kier molecular flexibility index (Phi) is 6.70. The van der Waals surface area contributed by atoms with Crippen molar-refractivity contribution in [3.8, 4) is 5.75 Å². The summed E-state index contributed by atoms with van der Waals surface area (Å²) in [6.45, 7) is 6.38. The van der Waals surface area contributed by atoms with Crippen LogP contribution < -0.4 is 4.74 Å². The molecule has 0 spiro atoms. The fourth-order valence-corrected chi connectivity index (χ4v) is 4.70. The summed E-state index contributed by atoms with van der Waals surface area (Å²) in [5.41, 5.74) is 0.869. The molecule has 1 aromatic carbocycles. The van der Waals surface area contributed by atoms with E-state index in [1.54, 1.807) is 17.0 Å². The number of benzene rings is 1. The lowest BCUT2D eigenvalue weighted by Crippen LogP contribution is -2.43. The second-order valence-electron chi connectivity index (χ2n) is 7.43. The first-order chi connectivity index (χ1) is 15.1. The van der Waals surface area contributed by atoms with E-state index in [1.807, 2.05) is 36.6 Å². The molecule has 4 rings (SSSR count). The lowest BCUT2D eigenvalue weighted by atomic mass is 9.95. The molecule has 2 aliphatic rings. The molecule has 1 saturated heterocycles. The highest BCUT2D eigenvalue weighted by Crippen LogP contribution is 2.40. The number of carbonyl (C=O) groups excluding carboxylic acids is 2. The molecule has 0 aliphatic carbocycles. The Morgan fingerprint density at radius 2 is 2.03 bits per heavy atom. The zero-order valence-corrected chi connectivity index (χ0v) is 18.3. The van der Waals surface area contributed by atoms with Gasteiger partial charge in [-0.2, -0.15) is 0 Å². The number of ketones is 1. The molecule has 1 fully saturated rings. The minimum absolute atomic E-state index is 0.128. The van der Waals surface area contributed by atoms with E-state index in [-0.39, 0.29) is 11.4 Å². The van der Waals surface area contributed by atoms with E-state index in [4.69, 9.17) is 9.47 Å². The van der Waals surface area contributed by atoms with E-state index in [9.17, 15) is 14.7 Å². The van der Waals surface area contributed by atoms with Crippen molar-refractivity contribution in [1.82, 2.24) is 9.80 Å². The maximum Gasteiger partial charge on any atom is 0.290 e. The molecule has 1 amide bonds. The molecule has 0 bridgehead atoms. The van der Waals surface area contributed by atoms with Crippen molar-refractivity contribution < 1.29 is 24.2 Å². The molecule has 3 heterocycles. The number of hydrogen-bond donors (Lipinski definition) is 1. The first-order valence-corrected chi connectivity index (χ1v) is 11.3. The highest BCUT2D eigenvalue weighted by molar-refractivity contribution is 7.12. The van der Waals surface area contributed by atoms with Crippen molar-refractivity contribution in [3.63, 3.8) is 0 Å². The van der Waals surface area contributed by atoms with Gasteiger partial charge in [-0.15, -0.1) is 11.3 Å². The van der Waals surface area contributed by atoms with Gasteiger partial charge in [0.15, 0.2) is 5.76 Å². The van der Waals surface area contributed by atoms with Crippen LogP contribution in [0.5, 0.6) is 5.75 Å². The summed E-state index contributed by atoms with van der Waals surface area (Å²) in [7, 11) is 0. The van der Waals surface area contributed by atoms with Gasteiger partial charge in [-0.25, -0.2) is 0 Å². The molecule has 1 aromatic heterocycles. The van der Waals surface area contributed by atoms with Crippen LogP contribution in [-0.2, 0) is 9.53 Å². The van der Waals surface area contributed by atoms with Crippen LogP contribution in [0.2, 0.25) is 0 Å². The van der Waals surface area contributed by atoms with Gasteiger partial charge in [0.25, 0.3) is 5.91 Å². The largest absolute Gasteiger partial charge is 0.503 e. The fraction of sp³-hybridized carbons (Fsp3) is 0.391. The topological polar surface area (TPSA) is 79.3 Å². The van der Waals surface area contributed by atoms with Crippen LogP contribution in [0, 0.1) is 0 Å². The number of hydrogen-bond acceptors (Lipinski definition) is 7. The lowest BCUT2D eigenvalue weighted by Gasteiger charge is -2.31. The van der Waals surface area contributed by atoms with E-state index in [0.717, 1.165) is 18.7 Å². The Balaban J connectivity index is 1.67. The fourth-order valence-electron chi connectivity index (χ4n) is 4.02. The van der Waals surface area contributed by atoms with Crippen LogP contribution in [0.1, 0.15) is 28.2 Å². The standard InChI is InChI=1S/C23H26N2O5S/c1-2-30-17-6-3-5-16(15-17)20-19(21(26)18-7-4-14-31-18)22(27)23(28)25(20)9-8-24-10-12-29-13-11-24/h3-7,14-15,20,27H,2,8-13H2,1H3/t20-/m0/s1. The van der Waals surface area contributed by atoms with Crippen LogP contribution in [0.3, 0.4) is 0 Å². The number of Topliss-reactive ketones (excluding diaryl/α,β-unsaturated/α-hetero) is 1. The number of aliphatic hydroxyl groups excluding tert-OH is 1. The number of ether oxygens (including phenoxy) is 2. The molecular weight excluding hydrogens is 416 g/mol. The maximum atomic E-state index is 13.3. The molecule has 31 heavy (non-hydrogen) atoms. The monoisotopic (exact) mass is 442 g/mol. The van der Waals surface area contributed by atoms with Gasteiger partial charge in [0, 0.05) is 26.2 Å². The first-order valence-electron chi connectivity index (χ1n) is 10.4. The number of morpholine rings is 1. The van der Waals surface area contributed by atoms with Crippen molar-refractivity contribution in [3.05, 3.63) is 63.6 Å². The third-order valence-corrected chi connectivity index (χ3v) is 6.41. The average molecular weight is 443 g/mol. The summed E-state index contributed by atoms with van der Waals surface area (Å²) >= 11 is 1.30. The van der Waals surface area contributed by atoms with Crippen molar-refractivity contribution >= 4 is 23.0 Å². The summed E-state index contributed by atoms with van der Waals surface area (Å²) in [4.78, 5) is 30.6. The molecule has 2 aliphatic heterocycles. The zero-order valence-electron chi connectivity index (χ0n) is 17.5. The Morgan fingerprint density at radius 3 is 2.74 bits per heavy atom. The van der Waals surface area contributed by atoms with Gasteiger partial charge in [-0.3, -0.25) is 14.5 Å². The van der Waals surface area contributed by atoms with E-state index in [0.29, 0.717) is 43.5 Å². The molecule has 0 radical (unpaired) electrons. The number of carbonyl (C=O) groups is 2. The number of nitrogens with zero attached hydrogens (tertiary/aromatic N) is 2. The highest BCUT2D eigenvalue weighted by atomic mass is 32.1. The molecule has 164 valence electrons. The van der Waals surface area contributed by atoms with E-state index in [1.165, 1.54) is 11.3 Å². The molecule has 0 unspecified atom stereocenters. The molecule has 7 nitrogen and oxygen atoms in total. The van der Waals surface area contributed by atoms with Gasteiger partial charge in [0.05, 0.1) is 36.3 Å². The predicted molar refractivity (Wildman–Crippen MR) is 118 cm³/mol. The summed E-state index contributed by atoms with van der Waals surface area (Å²) in [5.74, 6) is -0.636. The van der Waals surface area contributed by atoms with Gasteiger partial charge in [-0.05, 0) is 36.1 Å². The first kappa shape index (κ1) is 21.5. The Hall–Kier alpha value is -2.68. The van der Waals surface area contributed by atoms with Crippen molar-refractivity contribution in [2.45, 2.75) is 13.0 Å². The molecule has 2 aromatic rings. The molecule has 1 atom stereocenters. The maximum absolute atomic E-state index is 13.3. The second-order valence-corrected chi connectivity index (χ2v) is 8.38. The van der Waals surface area contributed by atoms with Crippen LogP contribution >= 0.6 is 11.3 Å². The summed E-state index contributed by atoms with van der Waals surface area (Å²) in [6.07, 6.45) is 0. The van der Waals surface area contributed by atoms with Gasteiger partial charge < -0.3 is 19.5 Å². The predicted octanol–water partition coefficient (Wildman–Crippen LogP) is 3.06. The Morgan fingerprint density at radius 1 is 1.23 bits per heavy atom. The summed E-state index contributed by atoms with van der Waals surface area (Å²) in [6, 6.07) is 10.2. The van der Waals surface area contributed by atoms with Gasteiger partial charge in [-0.1, -0.05) is 18.2 Å². The number of rotatable bonds is 8. The van der Waals surface area contributed by atoms with Crippen molar-refractivity contribution in [1.29, 1.82) is 0 Å². The Labute approximate surface area is 185 Å². The smallest absolute Gasteiger partial charge is 0.290 e. The molecule has 1 N–H and O–H groups in total. The SMILES string of the molecule is CCOc1cccc([C@H]2C(C(=O)c3cccs3)=C(O)C(=O)N2CCN2CCOCC2)c1. The average Bonchev–Trinajstić information content (AvgIpc) is 3.41. The summed E-state index contributed by atoms with van der Waals surface area (Å²) < 4.78 is 11.0. The lowest BCUT2D eigenvalue weighted by molar-refractivity contribution is -0.129. The van der Waals surface area contributed by atoms with E-state index < -0.39 is 17.7 Å². The van der Waals surface area contributed by atoms with Crippen LogP contribution in [0.4, 0.5) is 0 Å². The van der Waals surface area contributed by atoms with Crippen LogP contribution in [0.15, 0.2) is 53.1 Å².